The normalized spacial score (nSPS) is 14.3. The second-order valence-electron chi connectivity index (χ2n) is 16.4. The zero-order chi connectivity index (χ0) is 38.5. The lowest BCUT2D eigenvalue weighted by molar-refractivity contribution is 0.291. The zero-order valence-electron chi connectivity index (χ0n) is 32.7. The molecule has 0 saturated carbocycles. The summed E-state index contributed by atoms with van der Waals surface area (Å²) in [5.74, 6) is 0.448. The fourth-order valence-electron chi connectivity index (χ4n) is 8.89. The van der Waals surface area contributed by atoms with Crippen molar-refractivity contribution in [2.75, 3.05) is 0 Å². The number of aliphatic imine (C=N–C) groups is 1. The van der Waals surface area contributed by atoms with E-state index in [1.807, 2.05) is 12.3 Å². The van der Waals surface area contributed by atoms with Crippen molar-refractivity contribution in [3.05, 3.63) is 198 Å². The summed E-state index contributed by atoms with van der Waals surface area (Å²) in [6.07, 6.45) is 7.86. The summed E-state index contributed by atoms with van der Waals surface area (Å²) in [5, 5.41) is 3.85. The molecule has 0 amide bonds. The number of hydrogen-bond acceptors (Lipinski definition) is 1. The number of hydrogen-bond donors (Lipinski definition) is 0. The fraction of sp³-hybridized carbons (Fsp3) is 0.130. The van der Waals surface area contributed by atoms with E-state index in [0.29, 0.717) is 12.5 Å². The first-order valence-electron chi connectivity index (χ1n) is 20.1. The standard InChI is InChI=1S/C54H45N3/c1-54(2,3)41-28-32-52-49(34-41)48-33-39(44-20-11-10-17-40(44)36-55-35-37-15-6-4-7-16-37)27-31-51(48)56(52)43-29-25-38(26-30-43)45-22-14-23-47-46-21-12-13-24-50(46)57(53(45)47)42-18-8-5-9-19-42/h4-33,36,41H,34-35H2,1-3H3/b55-36+. The van der Waals surface area contributed by atoms with E-state index >= 15 is 0 Å². The highest BCUT2D eigenvalue weighted by atomic mass is 15.0. The molecule has 1 aliphatic rings. The minimum absolute atomic E-state index is 0.160. The average molecular weight is 736 g/mol. The molecule has 10 rings (SSSR count). The highest BCUT2D eigenvalue weighted by Crippen LogP contribution is 2.43. The van der Waals surface area contributed by atoms with Crippen LogP contribution in [0.3, 0.4) is 0 Å². The summed E-state index contributed by atoms with van der Waals surface area (Å²) < 4.78 is 4.90. The van der Waals surface area contributed by atoms with Crippen LogP contribution >= 0.6 is 0 Å². The van der Waals surface area contributed by atoms with Crippen LogP contribution in [-0.4, -0.2) is 15.3 Å². The van der Waals surface area contributed by atoms with Gasteiger partial charge in [-0.3, -0.25) is 4.99 Å². The van der Waals surface area contributed by atoms with E-state index < -0.39 is 0 Å². The lowest BCUT2D eigenvalue weighted by atomic mass is 9.74. The first-order chi connectivity index (χ1) is 27.9. The van der Waals surface area contributed by atoms with Crippen LogP contribution in [0.2, 0.25) is 0 Å². The average Bonchev–Trinajstić information content (AvgIpc) is 3.77. The van der Waals surface area contributed by atoms with Gasteiger partial charge in [0.25, 0.3) is 0 Å². The van der Waals surface area contributed by atoms with Gasteiger partial charge in [-0.05, 0) is 94.1 Å². The summed E-state index contributed by atoms with van der Waals surface area (Å²) in [4.78, 5) is 4.85. The van der Waals surface area contributed by atoms with E-state index in [1.54, 1.807) is 0 Å². The number of nitrogens with zero attached hydrogens (tertiary/aromatic N) is 3. The molecule has 1 aliphatic carbocycles. The third kappa shape index (κ3) is 6.20. The summed E-state index contributed by atoms with van der Waals surface area (Å²) >= 11 is 0. The van der Waals surface area contributed by atoms with Gasteiger partial charge in [0, 0.05) is 50.6 Å². The minimum Gasteiger partial charge on any atom is -0.310 e. The number of rotatable bonds is 7. The van der Waals surface area contributed by atoms with Gasteiger partial charge < -0.3 is 9.13 Å². The molecule has 1 atom stereocenters. The Morgan fingerprint density at radius 3 is 2.04 bits per heavy atom. The van der Waals surface area contributed by atoms with Gasteiger partial charge in [0.1, 0.15) is 0 Å². The van der Waals surface area contributed by atoms with E-state index in [4.69, 9.17) is 4.99 Å². The minimum atomic E-state index is 0.160. The molecule has 276 valence electrons. The quantitative estimate of drug-likeness (QED) is 0.145. The molecule has 0 saturated heterocycles. The van der Waals surface area contributed by atoms with Crippen molar-refractivity contribution < 1.29 is 0 Å². The highest BCUT2D eigenvalue weighted by molar-refractivity contribution is 6.13. The molecule has 0 spiro atoms. The second-order valence-corrected chi connectivity index (χ2v) is 16.4. The maximum atomic E-state index is 4.85. The Bertz CT molecular complexity index is 2970. The Balaban J connectivity index is 1.08. The topological polar surface area (TPSA) is 22.2 Å². The van der Waals surface area contributed by atoms with Crippen LogP contribution in [0.4, 0.5) is 0 Å². The molecule has 3 heteroatoms. The Morgan fingerprint density at radius 1 is 0.579 bits per heavy atom. The SMILES string of the molecule is CC(C)(C)C1C=Cc2c(c3cc(-c4ccccc4/C=N/Cc4ccccc4)ccc3n2-c2ccc(-c3cccc4c5ccccc5n(-c5ccccc5)c34)cc2)C1. The molecule has 0 bridgehead atoms. The van der Waals surface area contributed by atoms with Crippen molar-refractivity contribution >= 4 is 45.0 Å². The lowest BCUT2D eigenvalue weighted by Gasteiger charge is -2.30. The molecule has 0 radical (unpaired) electrons. The largest absolute Gasteiger partial charge is 0.310 e. The highest BCUT2D eigenvalue weighted by Gasteiger charge is 2.29. The van der Waals surface area contributed by atoms with E-state index in [2.05, 4.69) is 206 Å². The first-order valence-corrected chi connectivity index (χ1v) is 20.1. The van der Waals surface area contributed by atoms with Crippen molar-refractivity contribution in [1.82, 2.24) is 9.13 Å². The second kappa shape index (κ2) is 14.1. The smallest absolute Gasteiger partial charge is 0.0639 e. The maximum Gasteiger partial charge on any atom is 0.0639 e. The molecule has 7 aromatic carbocycles. The van der Waals surface area contributed by atoms with Crippen molar-refractivity contribution in [3.63, 3.8) is 0 Å². The molecule has 0 aliphatic heterocycles. The van der Waals surface area contributed by atoms with Crippen LogP contribution < -0.4 is 0 Å². The molecule has 57 heavy (non-hydrogen) atoms. The Morgan fingerprint density at radius 2 is 1.23 bits per heavy atom. The summed E-state index contributed by atoms with van der Waals surface area (Å²) in [5.41, 5.74) is 16.0. The number of allylic oxidation sites excluding steroid dienone is 1. The van der Waals surface area contributed by atoms with Crippen molar-refractivity contribution in [3.8, 4) is 33.6 Å². The van der Waals surface area contributed by atoms with Crippen LogP contribution in [0.25, 0.3) is 72.4 Å². The molecular weight excluding hydrogens is 691 g/mol. The van der Waals surface area contributed by atoms with Crippen molar-refractivity contribution in [1.29, 1.82) is 0 Å². The Kier molecular flexibility index (Phi) is 8.60. The van der Waals surface area contributed by atoms with E-state index in [-0.39, 0.29) is 5.41 Å². The van der Waals surface area contributed by atoms with Crippen LogP contribution in [0.5, 0.6) is 0 Å². The predicted octanol–water partition coefficient (Wildman–Crippen LogP) is 13.9. The van der Waals surface area contributed by atoms with Crippen molar-refractivity contribution in [2.24, 2.45) is 16.3 Å². The summed E-state index contributed by atoms with van der Waals surface area (Å²) in [7, 11) is 0. The van der Waals surface area contributed by atoms with Gasteiger partial charge in [-0.1, -0.05) is 154 Å². The molecule has 3 nitrogen and oxygen atoms in total. The molecule has 0 N–H and O–H groups in total. The van der Waals surface area contributed by atoms with Gasteiger partial charge in [0.05, 0.1) is 23.1 Å². The van der Waals surface area contributed by atoms with Gasteiger partial charge in [-0.2, -0.15) is 0 Å². The monoisotopic (exact) mass is 735 g/mol. The number of aromatic nitrogens is 2. The number of benzene rings is 7. The number of fused-ring (bicyclic) bond motifs is 6. The Hall–Kier alpha value is -6.71. The van der Waals surface area contributed by atoms with E-state index in [1.165, 1.54) is 83.2 Å². The maximum absolute atomic E-state index is 4.85. The van der Waals surface area contributed by atoms with E-state index in [9.17, 15) is 0 Å². The van der Waals surface area contributed by atoms with Gasteiger partial charge in [-0.15, -0.1) is 0 Å². The predicted molar refractivity (Wildman–Crippen MR) is 242 cm³/mol. The zero-order valence-corrected chi connectivity index (χ0v) is 32.7. The van der Waals surface area contributed by atoms with E-state index in [0.717, 1.165) is 12.0 Å². The summed E-state index contributed by atoms with van der Waals surface area (Å²) in [6.45, 7) is 7.74. The molecule has 2 aromatic heterocycles. The van der Waals surface area contributed by atoms with Gasteiger partial charge >= 0.3 is 0 Å². The Labute approximate surface area is 334 Å². The van der Waals surface area contributed by atoms with Crippen molar-refractivity contribution in [2.45, 2.75) is 33.7 Å². The number of para-hydroxylation sites is 3. The fourth-order valence-corrected chi connectivity index (χ4v) is 8.89. The summed E-state index contributed by atoms with van der Waals surface area (Å²) in [6, 6.07) is 61.6. The van der Waals surface area contributed by atoms with Crippen LogP contribution in [0, 0.1) is 11.3 Å². The lowest BCUT2D eigenvalue weighted by Crippen LogP contribution is -2.22. The molecule has 9 aromatic rings. The molecule has 2 heterocycles. The third-order valence-corrected chi connectivity index (χ3v) is 11.9. The molecule has 1 unspecified atom stereocenters. The third-order valence-electron chi connectivity index (χ3n) is 11.9. The van der Waals surface area contributed by atoms with Crippen LogP contribution in [-0.2, 0) is 13.0 Å². The van der Waals surface area contributed by atoms with Crippen LogP contribution in [0.1, 0.15) is 43.2 Å². The molecule has 0 fully saturated rings. The van der Waals surface area contributed by atoms with Gasteiger partial charge in [0.15, 0.2) is 0 Å². The van der Waals surface area contributed by atoms with Gasteiger partial charge in [-0.25, -0.2) is 0 Å². The molecular formula is C54H45N3. The first kappa shape index (κ1) is 34.8. The van der Waals surface area contributed by atoms with Gasteiger partial charge in [0.2, 0.25) is 0 Å². The van der Waals surface area contributed by atoms with Crippen LogP contribution in [0.15, 0.2) is 181 Å².